The maximum absolute atomic E-state index is 11.4. The molecule has 0 aliphatic heterocycles. The van der Waals surface area contributed by atoms with E-state index in [4.69, 9.17) is 10.2 Å². The third-order valence-electron chi connectivity index (χ3n) is 1.48. The van der Waals surface area contributed by atoms with Gasteiger partial charge in [-0.2, -0.15) is 0 Å². The maximum Gasteiger partial charge on any atom is 0.322 e. The normalized spacial score (nSPS) is 9.13. The van der Waals surface area contributed by atoms with Gasteiger partial charge in [0.2, 0.25) is 0 Å². The molecule has 0 aromatic carbocycles. The second kappa shape index (κ2) is 5.69. The van der Waals surface area contributed by atoms with Gasteiger partial charge in [0.15, 0.2) is 0 Å². The molecule has 0 aliphatic rings. The number of nitrogens with zero attached hydrogens (tertiary/aromatic N) is 1. The summed E-state index contributed by atoms with van der Waals surface area (Å²) in [6.07, 6.45) is 0. The van der Waals surface area contributed by atoms with Crippen molar-refractivity contribution in [2.24, 2.45) is 0 Å². The van der Waals surface area contributed by atoms with Gasteiger partial charge in [-0.05, 0) is 0 Å². The predicted octanol–water partition coefficient (Wildman–Crippen LogP) is -0.296. The molecule has 84 valence electrons. The molecule has 0 bridgehead atoms. The number of aliphatic hydroxyl groups is 1. The Hall–Kier alpha value is -1.98. The van der Waals surface area contributed by atoms with Crippen molar-refractivity contribution in [2.75, 3.05) is 20.1 Å². The average molecular weight is 214 g/mol. The van der Waals surface area contributed by atoms with Crippen LogP contribution in [0.2, 0.25) is 0 Å². The van der Waals surface area contributed by atoms with Gasteiger partial charge in [-0.3, -0.25) is 9.59 Å². The van der Waals surface area contributed by atoms with Crippen LogP contribution in [-0.4, -0.2) is 47.1 Å². The molecule has 15 heavy (non-hydrogen) atoms. The Morgan fingerprint density at radius 1 is 1.33 bits per heavy atom. The van der Waals surface area contributed by atoms with Gasteiger partial charge in [0.05, 0.1) is 12.2 Å². The van der Waals surface area contributed by atoms with E-state index in [0.717, 1.165) is 0 Å². The molecule has 0 atom stereocenters. The van der Waals surface area contributed by atoms with Crippen molar-refractivity contribution in [2.45, 2.75) is 0 Å². The van der Waals surface area contributed by atoms with Gasteiger partial charge in [-0.1, -0.05) is 13.2 Å². The molecule has 0 saturated carbocycles. The average Bonchev–Trinajstić information content (AvgIpc) is 2.11. The monoisotopic (exact) mass is 214 g/mol. The van der Waals surface area contributed by atoms with Crippen LogP contribution in [0.25, 0.3) is 0 Å². The van der Waals surface area contributed by atoms with Crippen molar-refractivity contribution in [3.63, 3.8) is 0 Å². The van der Waals surface area contributed by atoms with E-state index in [1.165, 1.54) is 11.9 Å². The number of carbonyl (C=O) groups is 2. The van der Waals surface area contributed by atoms with Crippen LogP contribution in [-0.2, 0) is 9.59 Å². The SMILES string of the molecule is C=C(O)CN(C)C(=O)C(=C)NCC(=O)O. The summed E-state index contributed by atoms with van der Waals surface area (Å²) < 4.78 is 0. The topological polar surface area (TPSA) is 89.9 Å². The fourth-order valence-corrected chi connectivity index (χ4v) is 0.834. The summed E-state index contributed by atoms with van der Waals surface area (Å²) >= 11 is 0. The number of likely N-dealkylation sites (N-methyl/N-ethyl adjacent to an activating group) is 1. The number of aliphatic hydroxyl groups excluding tert-OH is 1. The third kappa shape index (κ3) is 5.35. The zero-order valence-electron chi connectivity index (χ0n) is 8.49. The number of carboxylic acid groups (broad SMARTS) is 1. The summed E-state index contributed by atoms with van der Waals surface area (Å²) in [4.78, 5) is 22.8. The standard InChI is InChI=1S/C9H14N2O4/c1-6(12)5-11(3)9(15)7(2)10-4-8(13)14/h10,12H,1-2,4-5H2,3H3,(H,13,14). The highest BCUT2D eigenvalue weighted by molar-refractivity contribution is 5.92. The van der Waals surface area contributed by atoms with E-state index < -0.39 is 11.9 Å². The first-order valence-corrected chi connectivity index (χ1v) is 4.11. The second-order valence-corrected chi connectivity index (χ2v) is 2.95. The van der Waals surface area contributed by atoms with Crippen LogP contribution in [0.3, 0.4) is 0 Å². The van der Waals surface area contributed by atoms with Gasteiger partial charge >= 0.3 is 5.97 Å². The number of rotatable bonds is 6. The van der Waals surface area contributed by atoms with E-state index in [1.54, 1.807) is 0 Å². The predicted molar refractivity (Wildman–Crippen MR) is 54.2 cm³/mol. The molecule has 0 heterocycles. The van der Waals surface area contributed by atoms with Crippen molar-refractivity contribution in [1.82, 2.24) is 10.2 Å². The van der Waals surface area contributed by atoms with Crippen LogP contribution < -0.4 is 5.32 Å². The Morgan fingerprint density at radius 2 is 1.87 bits per heavy atom. The molecule has 6 heteroatoms. The Bertz CT molecular complexity index is 298. The van der Waals surface area contributed by atoms with Crippen LogP contribution in [0.4, 0.5) is 0 Å². The molecular weight excluding hydrogens is 200 g/mol. The van der Waals surface area contributed by atoms with Crippen molar-refractivity contribution in [3.05, 3.63) is 24.6 Å². The number of hydrogen-bond acceptors (Lipinski definition) is 4. The number of aliphatic carboxylic acids is 1. The lowest BCUT2D eigenvalue weighted by atomic mass is 10.4. The zero-order valence-corrected chi connectivity index (χ0v) is 8.49. The van der Waals surface area contributed by atoms with Crippen LogP contribution in [0, 0.1) is 0 Å². The lowest BCUT2D eigenvalue weighted by molar-refractivity contribution is -0.135. The van der Waals surface area contributed by atoms with Crippen molar-refractivity contribution in [3.8, 4) is 0 Å². The van der Waals surface area contributed by atoms with E-state index in [-0.39, 0.29) is 24.5 Å². The first-order chi connectivity index (χ1) is 6.84. The summed E-state index contributed by atoms with van der Waals surface area (Å²) in [5, 5.41) is 19.5. The van der Waals surface area contributed by atoms with Crippen molar-refractivity contribution in [1.29, 1.82) is 0 Å². The minimum absolute atomic E-state index is 0.0212. The first kappa shape index (κ1) is 13.0. The van der Waals surface area contributed by atoms with Gasteiger partial charge < -0.3 is 20.4 Å². The molecular formula is C9H14N2O4. The summed E-state index contributed by atoms with van der Waals surface area (Å²) in [5.74, 6) is -1.73. The number of nitrogens with one attached hydrogen (secondary N) is 1. The minimum Gasteiger partial charge on any atom is -0.511 e. The molecule has 0 spiro atoms. The van der Waals surface area contributed by atoms with E-state index in [0.29, 0.717) is 0 Å². The second-order valence-electron chi connectivity index (χ2n) is 2.95. The molecule has 0 aromatic rings. The lowest BCUT2D eigenvalue weighted by Gasteiger charge is -2.17. The van der Waals surface area contributed by atoms with Gasteiger partial charge in [0.25, 0.3) is 5.91 Å². The Balaban J connectivity index is 4.13. The number of carboxylic acids is 1. The first-order valence-electron chi connectivity index (χ1n) is 4.11. The summed E-state index contributed by atoms with van der Waals surface area (Å²) in [5.41, 5.74) is -0.0406. The van der Waals surface area contributed by atoms with Gasteiger partial charge in [-0.25, -0.2) is 0 Å². The van der Waals surface area contributed by atoms with Crippen molar-refractivity contribution >= 4 is 11.9 Å². The van der Waals surface area contributed by atoms with Crippen molar-refractivity contribution < 1.29 is 19.8 Å². The number of hydrogen-bond donors (Lipinski definition) is 3. The largest absolute Gasteiger partial charge is 0.511 e. The highest BCUT2D eigenvalue weighted by Gasteiger charge is 2.13. The summed E-state index contributed by atoms with van der Waals surface area (Å²) in [6, 6.07) is 0. The molecule has 0 fully saturated rings. The minimum atomic E-state index is -1.09. The fourth-order valence-electron chi connectivity index (χ4n) is 0.834. The van der Waals surface area contributed by atoms with E-state index in [9.17, 15) is 9.59 Å². The van der Waals surface area contributed by atoms with Gasteiger partial charge in [-0.15, -0.1) is 0 Å². The fraction of sp³-hybridized carbons (Fsp3) is 0.333. The Morgan fingerprint density at radius 3 is 2.27 bits per heavy atom. The van der Waals surface area contributed by atoms with Crippen LogP contribution in [0.1, 0.15) is 0 Å². The maximum atomic E-state index is 11.4. The lowest BCUT2D eigenvalue weighted by Crippen LogP contribution is -2.36. The molecule has 0 aromatic heterocycles. The zero-order chi connectivity index (χ0) is 12.0. The van der Waals surface area contributed by atoms with E-state index in [2.05, 4.69) is 18.5 Å². The molecule has 0 radical (unpaired) electrons. The van der Waals surface area contributed by atoms with Gasteiger partial charge in [0.1, 0.15) is 12.3 Å². The molecule has 0 unspecified atom stereocenters. The molecule has 0 saturated heterocycles. The third-order valence-corrected chi connectivity index (χ3v) is 1.48. The molecule has 0 aliphatic carbocycles. The van der Waals surface area contributed by atoms with E-state index in [1.807, 2.05) is 0 Å². The van der Waals surface area contributed by atoms with Crippen LogP contribution >= 0.6 is 0 Å². The van der Waals surface area contributed by atoms with Gasteiger partial charge in [0, 0.05) is 7.05 Å². The molecule has 0 rings (SSSR count). The van der Waals surface area contributed by atoms with Crippen LogP contribution in [0.15, 0.2) is 24.6 Å². The molecule has 6 nitrogen and oxygen atoms in total. The quantitative estimate of drug-likeness (QED) is 0.417. The molecule has 1 amide bonds. The smallest absolute Gasteiger partial charge is 0.322 e. The van der Waals surface area contributed by atoms with E-state index >= 15 is 0 Å². The Labute approximate surface area is 87.5 Å². The summed E-state index contributed by atoms with van der Waals surface area (Å²) in [6.45, 7) is 6.21. The highest BCUT2D eigenvalue weighted by Crippen LogP contribution is 1.96. The summed E-state index contributed by atoms with van der Waals surface area (Å²) in [7, 11) is 1.44. The highest BCUT2D eigenvalue weighted by atomic mass is 16.4. The van der Waals surface area contributed by atoms with Crippen LogP contribution in [0.5, 0.6) is 0 Å². The number of carbonyl (C=O) groups excluding carboxylic acids is 1. The number of amides is 1. The Kier molecular flexibility index (Phi) is 4.94. The molecule has 3 N–H and O–H groups in total.